The standard InChI is InChI=1S/C22H27NO4.ClH/c1-24-21-11-10-16-6-2-3-7-18(16)22(21)25-13-12-23-14-17-15-26-19-8-4-5-9-20(19)27-17;/h4-5,8-11,17,23H,2-3,6-7,12-15H2,1H3;1H/t17-;/m0./s1. The Balaban J connectivity index is 0.00000225. The third-order valence-corrected chi connectivity index (χ3v) is 5.13. The predicted octanol–water partition coefficient (Wildman–Crippen LogP) is 3.80. The van der Waals surface area contributed by atoms with Crippen LogP contribution < -0.4 is 24.3 Å². The maximum absolute atomic E-state index is 6.11. The molecule has 1 N–H and O–H groups in total. The van der Waals surface area contributed by atoms with Crippen molar-refractivity contribution in [1.29, 1.82) is 0 Å². The molecule has 0 aromatic heterocycles. The molecule has 5 nitrogen and oxygen atoms in total. The summed E-state index contributed by atoms with van der Waals surface area (Å²) in [5, 5.41) is 3.40. The first-order valence-electron chi connectivity index (χ1n) is 9.76. The molecule has 2 aromatic carbocycles. The predicted molar refractivity (Wildman–Crippen MR) is 112 cm³/mol. The van der Waals surface area contributed by atoms with Gasteiger partial charge in [-0.15, -0.1) is 12.4 Å². The van der Waals surface area contributed by atoms with Crippen LogP contribution in [0.2, 0.25) is 0 Å². The SMILES string of the molecule is COc1ccc2c(c1OCCNC[C@H]1COc3ccccc3O1)CCCC2.Cl. The summed E-state index contributed by atoms with van der Waals surface area (Å²) in [7, 11) is 1.70. The fourth-order valence-electron chi connectivity index (χ4n) is 3.74. The molecule has 0 amide bonds. The molecule has 0 spiro atoms. The maximum Gasteiger partial charge on any atom is 0.164 e. The van der Waals surface area contributed by atoms with Crippen molar-refractivity contribution in [3.63, 3.8) is 0 Å². The third-order valence-electron chi connectivity index (χ3n) is 5.13. The van der Waals surface area contributed by atoms with E-state index < -0.39 is 0 Å². The van der Waals surface area contributed by atoms with E-state index in [1.54, 1.807) is 7.11 Å². The molecule has 28 heavy (non-hydrogen) atoms. The first-order chi connectivity index (χ1) is 13.3. The largest absolute Gasteiger partial charge is 0.493 e. The Kier molecular flexibility index (Phi) is 7.29. The number of ether oxygens (including phenoxy) is 4. The molecular weight excluding hydrogens is 378 g/mol. The smallest absolute Gasteiger partial charge is 0.164 e. The summed E-state index contributed by atoms with van der Waals surface area (Å²) >= 11 is 0. The fourth-order valence-corrected chi connectivity index (χ4v) is 3.74. The number of benzene rings is 2. The molecule has 6 heteroatoms. The fraction of sp³-hybridized carbons (Fsp3) is 0.455. The minimum atomic E-state index is 0. The Hall–Kier alpha value is -2.11. The molecule has 1 aliphatic heterocycles. The Bertz CT molecular complexity index is 783. The van der Waals surface area contributed by atoms with Crippen LogP contribution >= 0.6 is 12.4 Å². The number of hydrogen-bond donors (Lipinski definition) is 1. The second-order valence-corrected chi connectivity index (χ2v) is 6.99. The quantitative estimate of drug-likeness (QED) is 0.710. The lowest BCUT2D eigenvalue weighted by Gasteiger charge is -2.26. The Labute approximate surface area is 172 Å². The number of rotatable bonds is 7. The van der Waals surface area contributed by atoms with E-state index in [1.165, 1.54) is 24.0 Å². The third kappa shape index (κ3) is 4.65. The number of para-hydroxylation sites is 2. The monoisotopic (exact) mass is 405 g/mol. The van der Waals surface area contributed by atoms with Crippen LogP contribution in [0.15, 0.2) is 36.4 Å². The van der Waals surface area contributed by atoms with Crippen LogP contribution in [0.4, 0.5) is 0 Å². The summed E-state index contributed by atoms with van der Waals surface area (Å²) < 4.78 is 23.3. The molecule has 0 saturated heterocycles. The van der Waals surface area contributed by atoms with Gasteiger partial charge in [0.05, 0.1) is 7.11 Å². The van der Waals surface area contributed by atoms with E-state index in [4.69, 9.17) is 18.9 Å². The Morgan fingerprint density at radius 1 is 1.07 bits per heavy atom. The van der Waals surface area contributed by atoms with E-state index in [-0.39, 0.29) is 18.5 Å². The van der Waals surface area contributed by atoms with E-state index in [2.05, 4.69) is 11.4 Å². The minimum Gasteiger partial charge on any atom is -0.493 e. The van der Waals surface area contributed by atoms with E-state index >= 15 is 0 Å². The zero-order valence-corrected chi connectivity index (χ0v) is 17.1. The van der Waals surface area contributed by atoms with Gasteiger partial charge in [0.1, 0.15) is 19.3 Å². The van der Waals surface area contributed by atoms with Gasteiger partial charge in [0, 0.05) is 18.7 Å². The first kappa shape index (κ1) is 20.6. The molecule has 2 aromatic rings. The van der Waals surface area contributed by atoms with E-state index in [0.717, 1.165) is 48.9 Å². The molecule has 0 saturated carbocycles. The van der Waals surface area contributed by atoms with Crippen molar-refractivity contribution < 1.29 is 18.9 Å². The number of aryl methyl sites for hydroxylation is 1. The zero-order valence-electron chi connectivity index (χ0n) is 16.2. The number of hydrogen-bond acceptors (Lipinski definition) is 5. The van der Waals surface area contributed by atoms with Gasteiger partial charge in [0.15, 0.2) is 23.0 Å². The zero-order chi connectivity index (χ0) is 18.5. The topological polar surface area (TPSA) is 49.0 Å². The summed E-state index contributed by atoms with van der Waals surface area (Å²) in [4.78, 5) is 0. The van der Waals surface area contributed by atoms with E-state index in [1.807, 2.05) is 30.3 Å². The summed E-state index contributed by atoms with van der Waals surface area (Å²) in [6.07, 6.45) is 4.69. The lowest BCUT2D eigenvalue weighted by Crippen LogP contribution is -2.39. The number of halogens is 1. The minimum absolute atomic E-state index is 0. The van der Waals surface area contributed by atoms with Crippen LogP contribution in [-0.4, -0.2) is 39.5 Å². The maximum atomic E-state index is 6.11. The Morgan fingerprint density at radius 3 is 2.75 bits per heavy atom. The molecular formula is C22H28ClNO4. The number of nitrogens with one attached hydrogen (secondary N) is 1. The highest BCUT2D eigenvalue weighted by atomic mass is 35.5. The molecule has 2 aliphatic rings. The van der Waals surface area contributed by atoms with Crippen LogP contribution in [0, 0.1) is 0 Å². The lowest BCUT2D eigenvalue weighted by atomic mass is 9.91. The van der Waals surface area contributed by atoms with Crippen molar-refractivity contribution in [2.24, 2.45) is 0 Å². The van der Waals surface area contributed by atoms with Gasteiger partial charge >= 0.3 is 0 Å². The van der Waals surface area contributed by atoms with Gasteiger partial charge in [-0.3, -0.25) is 0 Å². The molecule has 1 aliphatic carbocycles. The summed E-state index contributed by atoms with van der Waals surface area (Å²) in [6.45, 7) is 2.62. The van der Waals surface area contributed by atoms with Crippen molar-refractivity contribution in [2.75, 3.05) is 33.4 Å². The molecule has 1 atom stereocenters. The van der Waals surface area contributed by atoms with Gasteiger partial charge in [0.2, 0.25) is 0 Å². The van der Waals surface area contributed by atoms with E-state index in [9.17, 15) is 0 Å². The van der Waals surface area contributed by atoms with E-state index in [0.29, 0.717) is 13.2 Å². The van der Waals surface area contributed by atoms with Crippen LogP contribution in [-0.2, 0) is 12.8 Å². The summed E-state index contributed by atoms with van der Waals surface area (Å²) in [5.41, 5.74) is 2.72. The van der Waals surface area contributed by atoms with Gasteiger partial charge < -0.3 is 24.3 Å². The molecule has 4 rings (SSSR count). The lowest BCUT2D eigenvalue weighted by molar-refractivity contribution is 0.0897. The van der Waals surface area contributed by atoms with Crippen LogP contribution in [0.1, 0.15) is 24.0 Å². The van der Waals surface area contributed by atoms with Gasteiger partial charge in [0.25, 0.3) is 0 Å². The van der Waals surface area contributed by atoms with Crippen LogP contribution in [0.5, 0.6) is 23.0 Å². The average molecular weight is 406 g/mol. The molecule has 152 valence electrons. The second-order valence-electron chi connectivity index (χ2n) is 6.99. The second kappa shape index (κ2) is 9.89. The molecule has 1 heterocycles. The molecule has 0 bridgehead atoms. The molecule has 0 fully saturated rings. The van der Waals surface area contributed by atoms with Crippen molar-refractivity contribution in [1.82, 2.24) is 5.32 Å². The van der Waals surface area contributed by atoms with Crippen molar-refractivity contribution in [3.8, 4) is 23.0 Å². The average Bonchev–Trinajstić information content (AvgIpc) is 2.73. The molecule has 0 radical (unpaired) electrons. The summed E-state index contributed by atoms with van der Waals surface area (Å²) in [6, 6.07) is 12.0. The van der Waals surface area contributed by atoms with Crippen molar-refractivity contribution >= 4 is 12.4 Å². The molecule has 0 unspecified atom stereocenters. The van der Waals surface area contributed by atoms with Crippen LogP contribution in [0.25, 0.3) is 0 Å². The number of fused-ring (bicyclic) bond motifs is 2. The van der Waals surface area contributed by atoms with Crippen molar-refractivity contribution in [3.05, 3.63) is 47.5 Å². The highest BCUT2D eigenvalue weighted by Gasteiger charge is 2.20. The Morgan fingerprint density at radius 2 is 1.89 bits per heavy atom. The normalized spacial score (nSPS) is 17.2. The summed E-state index contributed by atoms with van der Waals surface area (Å²) in [5.74, 6) is 3.38. The van der Waals surface area contributed by atoms with Gasteiger partial charge in [-0.25, -0.2) is 0 Å². The van der Waals surface area contributed by atoms with Gasteiger partial charge in [-0.1, -0.05) is 18.2 Å². The highest BCUT2D eigenvalue weighted by molar-refractivity contribution is 5.85. The van der Waals surface area contributed by atoms with Gasteiger partial charge in [-0.05, 0) is 49.4 Å². The van der Waals surface area contributed by atoms with Gasteiger partial charge in [-0.2, -0.15) is 0 Å². The van der Waals surface area contributed by atoms with Crippen molar-refractivity contribution in [2.45, 2.75) is 31.8 Å². The van der Waals surface area contributed by atoms with Crippen LogP contribution in [0.3, 0.4) is 0 Å². The number of methoxy groups -OCH3 is 1. The first-order valence-corrected chi connectivity index (χ1v) is 9.76. The highest BCUT2D eigenvalue weighted by Crippen LogP contribution is 2.37.